The molecule has 0 nitrogen and oxygen atoms in total. The molecule has 4 aliphatic carbocycles. The average Bonchev–Trinajstić information content (AvgIpc) is 2.99. The fourth-order valence-electron chi connectivity index (χ4n) is 8.58. The maximum absolute atomic E-state index is 5.58. The first-order chi connectivity index (χ1) is 13.3. The van der Waals surface area contributed by atoms with Gasteiger partial charge in [-0.2, -0.15) is 0 Å². The van der Waals surface area contributed by atoms with Gasteiger partial charge in [0.15, 0.2) is 0 Å². The average molecular weight is 401 g/mol. The Labute approximate surface area is 180 Å². The molecule has 0 aromatic rings. The highest BCUT2D eigenvalue weighted by Gasteiger charge is 2.59. The van der Waals surface area contributed by atoms with E-state index < -0.39 is 0 Å². The predicted octanol–water partition coefficient (Wildman–Crippen LogP) is 8.40. The van der Waals surface area contributed by atoms with Crippen LogP contribution in [0, 0.1) is 46.3 Å². The van der Waals surface area contributed by atoms with E-state index in [1.54, 1.807) is 5.57 Å². The van der Waals surface area contributed by atoms with Gasteiger partial charge in [-0.25, -0.2) is 0 Å². The molecule has 3 fully saturated rings. The Hall–Kier alpha value is -0.170. The van der Waals surface area contributed by atoms with E-state index in [9.17, 15) is 0 Å². The van der Waals surface area contributed by atoms with E-state index in [1.165, 1.54) is 69.1 Å². The van der Waals surface area contributed by atoms with Crippen molar-refractivity contribution >= 4 is 17.1 Å². The first kappa shape index (κ1) is 21.1. The van der Waals surface area contributed by atoms with Crippen LogP contribution in [0.1, 0.15) is 105 Å². The zero-order chi connectivity index (χ0) is 20.1. The van der Waals surface area contributed by atoms with Gasteiger partial charge in [0, 0.05) is 4.86 Å². The molecule has 4 rings (SSSR count). The van der Waals surface area contributed by atoms with Crippen LogP contribution in [-0.4, -0.2) is 4.86 Å². The molecule has 0 aliphatic heterocycles. The van der Waals surface area contributed by atoms with Gasteiger partial charge in [0.2, 0.25) is 0 Å². The van der Waals surface area contributed by atoms with Crippen molar-refractivity contribution < 1.29 is 0 Å². The summed E-state index contributed by atoms with van der Waals surface area (Å²) in [6.45, 7) is 12.7. The molecule has 0 N–H and O–H groups in total. The molecule has 0 heterocycles. The summed E-state index contributed by atoms with van der Waals surface area (Å²) in [7, 11) is 0. The van der Waals surface area contributed by atoms with Crippen molar-refractivity contribution in [2.45, 2.75) is 105 Å². The van der Waals surface area contributed by atoms with Crippen LogP contribution in [-0.2, 0) is 0 Å². The molecule has 4 aliphatic rings. The summed E-state index contributed by atoms with van der Waals surface area (Å²) in [6, 6.07) is 0. The molecule has 3 saturated carbocycles. The first-order valence-corrected chi connectivity index (χ1v) is 12.9. The van der Waals surface area contributed by atoms with E-state index in [-0.39, 0.29) is 0 Å². The van der Waals surface area contributed by atoms with Crippen molar-refractivity contribution in [2.24, 2.45) is 46.3 Å². The fraction of sp³-hybridized carbons (Fsp3) is 0.889. The van der Waals surface area contributed by atoms with Gasteiger partial charge >= 0.3 is 0 Å². The van der Waals surface area contributed by atoms with Gasteiger partial charge in [0.25, 0.3) is 0 Å². The normalized spacial score (nSPS) is 43.9. The van der Waals surface area contributed by atoms with E-state index in [1.807, 2.05) is 0 Å². The Balaban J connectivity index is 1.49. The lowest BCUT2D eigenvalue weighted by atomic mass is 9.46. The van der Waals surface area contributed by atoms with E-state index in [0.29, 0.717) is 10.8 Å². The van der Waals surface area contributed by atoms with Gasteiger partial charge in [-0.1, -0.05) is 71.7 Å². The molecule has 0 radical (unpaired) electrons. The lowest BCUT2D eigenvalue weighted by Crippen LogP contribution is -2.50. The molecular weight excluding hydrogens is 356 g/mol. The van der Waals surface area contributed by atoms with Crippen LogP contribution in [0.4, 0.5) is 0 Å². The summed E-state index contributed by atoms with van der Waals surface area (Å²) in [5.74, 6) is 5.68. The van der Waals surface area contributed by atoms with E-state index in [2.05, 4.69) is 40.7 Å². The molecule has 7 atom stereocenters. The molecule has 0 spiro atoms. The summed E-state index contributed by atoms with van der Waals surface area (Å²) >= 11 is 5.58. The smallest absolute Gasteiger partial charge is 0.0152 e. The lowest BCUT2D eigenvalue weighted by Gasteiger charge is -2.58. The molecule has 0 aromatic heterocycles. The van der Waals surface area contributed by atoms with Crippen LogP contribution in [0.2, 0.25) is 0 Å². The number of fused-ring (bicyclic) bond motifs is 5. The van der Waals surface area contributed by atoms with Gasteiger partial charge in [0.05, 0.1) is 0 Å². The quantitative estimate of drug-likeness (QED) is 0.417. The zero-order valence-electron chi connectivity index (χ0n) is 19.2. The van der Waals surface area contributed by atoms with Crippen molar-refractivity contribution in [3.8, 4) is 0 Å². The monoisotopic (exact) mass is 400 g/mol. The summed E-state index contributed by atoms with van der Waals surface area (Å²) in [5, 5.41) is 0. The number of hydrogen-bond donors (Lipinski definition) is 0. The van der Waals surface area contributed by atoms with Gasteiger partial charge in [-0.3, -0.25) is 0 Å². The summed E-state index contributed by atoms with van der Waals surface area (Å²) < 4.78 is 0. The standard InChI is InChI=1S/C27H44S/c1-18(2)7-6-8-19(3)23-11-12-24-22-10-9-20-17-21(28)13-15-26(20,4)25(22)14-16-27(23,24)5/h17-19,22-25H,6-16H2,1-5H3/t19-,22+,23-,24+,25+,26+,27-/m1/s1. The second-order valence-electron chi connectivity index (χ2n) is 12.0. The van der Waals surface area contributed by atoms with Crippen LogP contribution in [0.5, 0.6) is 0 Å². The van der Waals surface area contributed by atoms with Crippen molar-refractivity contribution in [1.82, 2.24) is 0 Å². The lowest BCUT2D eigenvalue weighted by molar-refractivity contribution is -0.0572. The zero-order valence-corrected chi connectivity index (χ0v) is 20.0. The van der Waals surface area contributed by atoms with Gasteiger partial charge in [-0.15, -0.1) is 0 Å². The van der Waals surface area contributed by atoms with Crippen molar-refractivity contribution in [3.05, 3.63) is 11.6 Å². The highest BCUT2D eigenvalue weighted by atomic mass is 32.1. The van der Waals surface area contributed by atoms with E-state index >= 15 is 0 Å². The summed E-state index contributed by atoms with van der Waals surface area (Å²) in [4.78, 5) is 1.22. The van der Waals surface area contributed by atoms with Crippen LogP contribution in [0.3, 0.4) is 0 Å². The molecule has 0 amide bonds. The third kappa shape index (κ3) is 3.46. The topological polar surface area (TPSA) is 0 Å². The Morgan fingerprint density at radius 2 is 1.75 bits per heavy atom. The highest BCUT2D eigenvalue weighted by Crippen LogP contribution is 2.67. The maximum atomic E-state index is 5.58. The molecule has 1 heteroatoms. The van der Waals surface area contributed by atoms with E-state index in [4.69, 9.17) is 12.2 Å². The second-order valence-corrected chi connectivity index (χ2v) is 12.5. The fourth-order valence-corrected chi connectivity index (χ4v) is 8.83. The second kappa shape index (κ2) is 7.82. The maximum Gasteiger partial charge on any atom is 0.0152 e. The Kier molecular flexibility index (Phi) is 5.89. The predicted molar refractivity (Wildman–Crippen MR) is 126 cm³/mol. The third-order valence-corrected chi connectivity index (χ3v) is 10.5. The van der Waals surface area contributed by atoms with Gasteiger partial charge in [0.1, 0.15) is 0 Å². The van der Waals surface area contributed by atoms with Crippen LogP contribution < -0.4 is 0 Å². The highest BCUT2D eigenvalue weighted by molar-refractivity contribution is 7.80. The van der Waals surface area contributed by atoms with Crippen LogP contribution in [0.15, 0.2) is 11.6 Å². The van der Waals surface area contributed by atoms with Crippen LogP contribution >= 0.6 is 12.2 Å². The molecule has 0 bridgehead atoms. The number of rotatable bonds is 5. The van der Waals surface area contributed by atoms with Gasteiger partial charge < -0.3 is 0 Å². The SMILES string of the molecule is CC(C)CCC[C@@H](C)[C@H]1CC[C@H]2[C@@H]3CCC4=CC(=S)CC[C@]4(C)[C@H]3CC[C@]12C. The Morgan fingerprint density at radius 1 is 0.964 bits per heavy atom. The first-order valence-electron chi connectivity index (χ1n) is 12.5. The summed E-state index contributed by atoms with van der Waals surface area (Å²) in [6.07, 6.45) is 18.0. The molecular formula is C27H44S. The third-order valence-electron chi connectivity index (χ3n) is 10.2. The molecule has 0 saturated heterocycles. The molecule has 0 aromatic carbocycles. The Morgan fingerprint density at radius 3 is 2.50 bits per heavy atom. The minimum Gasteiger partial charge on any atom is -0.0849 e. The van der Waals surface area contributed by atoms with E-state index in [0.717, 1.165) is 41.9 Å². The minimum atomic E-state index is 0.466. The number of allylic oxidation sites excluding steroid dienone is 2. The number of thiocarbonyl (C=S) groups is 1. The summed E-state index contributed by atoms with van der Waals surface area (Å²) in [5.41, 5.74) is 2.82. The number of hydrogen-bond acceptors (Lipinski definition) is 1. The molecule has 28 heavy (non-hydrogen) atoms. The molecule has 158 valence electrons. The molecule has 0 unspecified atom stereocenters. The minimum absolute atomic E-state index is 0.466. The largest absolute Gasteiger partial charge is 0.0849 e. The van der Waals surface area contributed by atoms with Crippen molar-refractivity contribution in [2.75, 3.05) is 0 Å². The Bertz CT molecular complexity index is 630. The van der Waals surface area contributed by atoms with Crippen LogP contribution in [0.25, 0.3) is 0 Å². The van der Waals surface area contributed by atoms with Crippen molar-refractivity contribution in [1.29, 1.82) is 0 Å². The van der Waals surface area contributed by atoms with Gasteiger partial charge in [-0.05, 0) is 104 Å². The van der Waals surface area contributed by atoms with Crippen molar-refractivity contribution in [3.63, 3.8) is 0 Å².